The van der Waals surface area contributed by atoms with Crippen molar-refractivity contribution in [3.63, 3.8) is 0 Å². The molecule has 20 heavy (non-hydrogen) atoms. The molecule has 1 atom stereocenters. The molecule has 2 N–H and O–H groups in total. The molecule has 120 valence electrons. The van der Waals surface area contributed by atoms with Crippen LogP contribution in [0.2, 0.25) is 0 Å². The number of hydrogen-bond donors (Lipinski definition) is 2. The molecule has 0 spiro atoms. The zero-order valence-electron chi connectivity index (χ0n) is 12.9. The van der Waals surface area contributed by atoms with Crippen LogP contribution in [0.4, 0.5) is 0 Å². The lowest BCUT2D eigenvalue weighted by atomic mass is 9.93. The highest BCUT2D eigenvalue weighted by Gasteiger charge is 2.44. The van der Waals surface area contributed by atoms with E-state index in [9.17, 15) is 19.1 Å². The molecule has 0 heterocycles. The molecular formula is C14H29O5P. The Balaban J connectivity index is 4.57. The molecule has 0 aliphatic carbocycles. The molecule has 0 aromatic heterocycles. The highest BCUT2D eigenvalue weighted by Crippen LogP contribution is 2.57. The van der Waals surface area contributed by atoms with E-state index in [2.05, 4.69) is 0 Å². The second kappa shape index (κ2) is 9.54. The van der Waals surface area contributed by atoms with E-state index in [1.165, 1.54) is 0 Å². The van der Waals surface area contributed by atoms with Crippen LogP contribution < -0.4 is 0 Å². The molecule has 0 radical (unpaired) electrons. The van der Waals surface area contributed by atoms with Crippen molar-refractivity contribution in [1.29, 1.82) is 0 Å². The monoisotopic (exact) mass is 308 g/mol. The quantitative estimate of drug-likeness (QED) is 0.346. The molecule has 0 amide bonds. The third-order valence-corrected chi connectivity index (χ3v) is 5.83. The molecule has 6 heteroatoms. The van der Waals surface area contributed by atoms with E-state index in [4.69, 9.17) is 4.74 Å². The number of carbonyl (C=O) groups excluding carboxylic acids is 1. The van der Waals surface area contributed by atoms with E-state index in [0.717, 1.165) is 25.7 Å². The zero-order chi connectivity index (χ0) is 15.6. The van der Waals surface area contributed by atoms with Crippen LogP contribution in [0.25, 0.3) is 0 Å². The van der Waals surface area contributed by atoms with Gasteiger partial charge in [-0.15, -0.1) is 0 Å². The number of unbranched alkanes of at least 4 members (excludes halogenated alkanes) is 2. The molecule has 5 nitrogen and oxygen atoms in total. The highest BCUT2D eigenvalue weighted by atomic mass is 31.2. The Bertz CT molecular complexity index is 326. The Morgan fingerprint density at radius 1 is 1.10 bits per heavy atom. The van der Waals surface area contributed by atoms with Gasteiger partial charge in [-0.25, -0.2) is 0 Å². The lowest BCUT2D eigenvalue weighted by molar-refractivity contribution is -0.144. The summed E-state index contributed by atoms with van der Waals surface area (Å²) in [5.41, 5.74) is 0. The number of esters is 1. The summed E-state index contributed by atoms with van der Waals surface area (Å²) in [5.74, 6) is -0.360. The summed E-state index contributed by atoms with van der Waals surface area (Å²) in [6.45, 7) is 6.16. The van der Waals surface area contributed by atoms with Gasteiger partial charge in [0.1, 0.15) is 0 Å². The van der Waals surface area contributed by atoms with E-state index in [0.29, 0.717) is 19.4 Å². The number of carbonyl (C=O) groups is 1. The summed E-state index contributed by atoms with van der Waals surface area (Å²) >= 11 is 0. The molecule has 1 unspecified atom stereocenters. The highest BCUT2D eigenvalue weighted by molar-refractivity contribution is 7.53. The zero-order valence-corrected chi connectivity index (χ0v) is 13.8. The van der Waals surface area contributed by atoms with Crippen LogP contribution in [0.3, 0.4) is 0 Å². The normalized spacial score (nSPS) is 14.8. The van der Waals surface area contributed by atoms with E-state index < -0.39 is 12.8 Å². The van der Waals surface area contributed by atoms with Crippen LogP contribution in [-0.2, 0) is 14.1 Å². The minimum atomic E-state index is -4.23. The predicted molar refractivity (Wildman–Crippen MR) is 79.7 cm³/mol. The maximum Gasteiger partial charge on any atom is 0.331 e. The molecular weight excluding hydrogens is 279 g/mol. The molecule has 0 rings (SSSR count). The summed E-state index contributed by atoms with van der Waals surface area (Å²) in [7, 11) is -4.23. The minimum absolute atomic E-state index is 0.0758. The molecule has 0 fully saturated rings. The lowest BCUT2D eigenvalue weighted by Gasteiger charge is -2.33. The van der Waals surface area contributed by atoms with Gasteiger partial charge in [0, 0.05) is 6.42 Å². The van der Waals surface area contributed by atoms with Crippen molar-refractivity contribution in [2.24, 2.45) is 0 Å². The largest absolute Gasteiger partial charge is 0.466 e. The molecule has 0 saturated carbocycles. The van der Waals surface area contributed by atoms with Gasteiger partial charge in [0.2, 0.25) is 0 Å². The van der Waals surface area contributed by atoms with Crippen molar-refractivity contribution in [1.82, 2.24) is 0 Å². The summed E-state index contributed by atoms with van der Waals surface area (Å²) in [6, 6.07) is 0. The van der Waals surface area contributed by atoms with Crippen LogP contribution >= 0.6 is 7.60 Å². The number of hydrogen-bond acceptors (Lipinski definition) is 3. The second-order valence-electron chi connectivity index (χ2n) is 5.30. The topological polar surface area (TPSA) is 83.8 Å². The third kappa shape index (κ3) is 6.38. The molecule has 0 aliphatic rings. The van der Waals surface area contributed by atoms with Gasteiger partial charge < -0.3 is 14.5 Å². The second-order valence-corrected chi connectivity index (χ2v) is 7.34. The van der Waals surface area contributed by atoms with Gasteiger partial charge in [-0.05, 0) is 25.7 Å². The molecule has 0 bridgehead atoms. The smallest absolute Gasteiger partial charge is 0.331 e. The summed E-state index contributed by atoms with van der Waals surface area (Å²) in [5, 5.41) is -1.08. The maximum absolute atomic E-state index is 11.8. The summed E-state index contributed by atoms with van der Waals surface area (Å²) in [6.07, 6.45) is 4.49. The SMILES string of the molecule is CCCCOC(=O)CCC(CC)(CCCC)P(=O)(O)O. The average Bonchev–Trinajstić information content (AvgIpc) is 2.38. The first-order valence-corrected chi connectivity index (χ1v) is 9.15. The summed E-state index contributed by atoms with van der Waals surface area (Å²) < 4.78 is 16.9. The minimum Gasteiger partial charge on any atom is -0.466 e. The van der Waals surface area contributed by atoms with Crippen molar-refractivity contribution in [3.05, 3.63) is 0 Å². The Labute approximate surface area is 122 Å². The van der Waals surface area contributed by atoms with Gasteiger partial charge in [0.15, 0.2) is 0 Å². The third-order valence-electron chi connectivity index (χ3n) is 3.83. The van der Waals surface area contributed by atoms with Crippen LogP contribution in [0, 0.1) is 0 Å². The average molecular weight is 308 g/mol. The van der Waals surface area contributed by atoms with Gasteiger partial charge in [-0.3, -0.25) is 9.36 Å². The van der Waals surface area contributed by atoms with Crippen LogP contribution in [-0.4, -0.2) is 27.5 Å². The van der Waals surface area contributed by atoms with E-state index in [1.54, 1.807) is 6.92 Å². The standard InChI is InChI=1S/C14H29O5P/c1-4-7-10-14(6-3,20(16,17)18)11-9-13(15)19-12-8-5-2/h4-12H2,1-3H3,(H2,16,17,18). The van der Waals surface area contributed by atoms with Gasteiger partial charge in [-0.2, -0.15) is 0 Å². The fourth-order valence-electron chi connectivity index (χ4n) is 2.22. The van der Waals surface area contributed by atoms with Crippen molar-refractivity contribution >= 4 is 13.6 Å². The van der Waals surface area contributed by atoms with Crippen LogP contribution in [0.15, 0.2) is 0 Å². The number of rotatable bonds is 11. The van der Waals surface area contributed by atoms with Crippen molar-refractivity contribution in [3.8, 4) is 0 Å². The first kappa shape index (κ1) is 19.6. The maximum atomic E-state index is 11.8. The first-order chi connectivity index (χ1) is 9.33. The molecule has 0 saturated heterocycles. The van der Waals surface area contributed by atoms with Gasteiger partial charge in [0.05, 0.1) is 11.8 Å². The number of ether oxygens (including phenoxy) is 1. The van der Waals surface area contributed by atoms with Crippen LogP contribution in [0.5, 0.6) is 0 Å². The predicted octanol–water partition coefficient (Wildman–Crippen LogP) is 3.63. The van der Waals surface area contributed by atoms with Crippen molar-refractivity contribution < 1.29 is 23.9 Å². The Hall–Kier alpha value is -0.380. The Morgan fingerprint density at radius 3 is 2.15 bits per heavy atom. The Kier molecular flexibility index (Phi) is 9.36. The molecule has 0 aliphatic heterocycles. The van der Waals surface area contributed by atoms with E-state index in [1.807, 2.05) is 13.8 Å². The first-order valence-electron chi connectivity index (χ1n) is 7.54. The van der Waals surface area contributed by atoms with E-state index >= 15 is 0 Å². The van der Waals surface area contributed by atoms with E-state index in [-0.39, 0.29) is 18.8 Å². The Morgan fingerprint density at radius 2 is 1.70 bits per heavy atom. The molecule has 0 aromatic rings. The fraction of sp³-hybridized carbons (Fsp3) is 0.929. The van der Waals surface area contributed by atoms with Gasteiger partial charge in [0.25, 0.3) is 0 Å². The van der Waals surface area contributed by atoms with Crippen molar-refractivity contribution in [2.75, 3.05) is 6.61 Å². The van der Waals surface area contributed by atoms with Crippen LogP contribution in [0.1, 0.15) is 72.1 Å². The molecule has 0 aromatic carbocycles. The van der Waals surface area contributed by atoms with Gasteiger partial charge >= 0.3 is 13.6 Å². The lowest BCUT2D eigenvalue weighted by Crippen LogP contribution is -2.29. The van der Waals surface area contributed by atoms with Gasteiger partial charge in [-0.1, -0.05) is 40.0 Å². The summed E-state index contributed by atoms with van der Waals surface area (Å²) in [4.78, 5) is 30.9. The van der Waals surface area contributed by atoms with Crippen molar-refractivity contribution in [2.45, 2.75) is 77.3 Å². The fourth-order valence-corrected chi connectivity index (χ4v) is 3.48.